The predicted octanol–water partition coefficient (Wildman–Crippen LogP) is 4.05. The van der Waals surface area contributed by atoms with E-state index in [0.29, 0.717) is 10.7 Å². The highest BCUT2D eigenvalue weighted by Gasteiger charge is 2.41. The van der Waals surface area contributed by atoms with Crippen LogP contribution in [0.2, 0.25) is 0 Å². The molecule has 1 aliphatic rings. The fourth-order valence-electron chi connectivity index (χ4n) is 4.07. The first-order valence-electron chi connectivity index (χ1n) is 10.9. The number of esters is 1. The summed E-state index contributed by atoms with van der Waals surface area (Å²) >= 11 is 5.71. The Labute approximate surface area is 199 Å². The molecule has 3 heterocycles. The zero-order valence-electron chi connectivity index (χ0n) is 19.0. The third-order valence-electron chi connectivity index (χ3n) is 5.71. The van der Waals surface area contributed by atoms with Crippen LogP contribution >= 0.6 is 12.2 Å². The molecule has 1 N–H and O–H groups in total. The van der Waals surface area contributed by atoms with Gasteiger partial charge in [0.2, 0.25) is 0 Å². The van der Waals surface area contributed by atoms with Gasteiger partial charge in [-0.05, 0) is 75.7 Å². The molecule has 1 aliphatic heterocycles. The van der Waals surface area contributed by atoms with E-state index in [1.165, 1.54) is 7.11 Å². The standard InChI is InChI=1S/C25H28N4O3S/c1-28(2)15-6-16-29-23(22(27-25(29)33)19-7-4-5-14-26-19)21-13-12-20(32-21)17-8-10-18(11-9-17)24(30)31-3/h4-5,7-14,22-23H,6,15-16H2,1-3H3,(H,27,33). The second-order valence-corrected chi connectivity index (χ2v) is 8.63. The zero-order chi connectivity index (χ0) is 23.4. The fourth-order valence-corrected chi connectivity index (χ4v) is 4.40. The Morgan fingerprint density at radius 2 is 1.97 bits per heavy atom. The van der Waals surface area contributed by atoms with Gasteiger partial charge in [0, 0.05) is 18.3 Å². The van der Waals surface area contributed by atoms with Crippen molar-refractivity contribution in [2.75, 3.05) is 34.3 Å². The van der Waals surface area contributed by atoms with Crippen molar-refractivity contribution in [3.05, 3.63) is 77.8 Å². The molecule has 0 amide bonds. The summed E-state index contributed by atoms with van der Waals surface area (Å²) in [6, 6.07) is 16.8. The molecule has 0 bridgehead atoms. The Kier molecular flexibility index (Phi) is 7.05. The number of hydrogen-bond donors (Lipinski definition) is 1. The van der Waals surface area contributed by atoms with Gasteiger partial charge in [0.1, 0.15) is 17.6 Å². The van der Waals surface area contributed by atoms with Gasteiger partial charge >= 0.3 is 5.97 Å². The smallest absolute Gasteiger partial charge is 0.337 e. The maximum atomic E-state index is 11.7. The predicted molar refractivity (Wildman–Crippen MR) is 131 cm³/mol. The molecule has 1 aromatic carbocycles. The van der Waals surface area contributed by atoms with E-state index in [1.807, 2.05) is 42.5 Å². The molecule has 3 aromatic rings. The van der Waals surface area contributed by atoms with Crippen LogP contribution in [0.1, 0.15) is 40.3 Å². The van der Waals surface area contributed by atoms with Crippen LogP contribution in [-0.2, 0) is 4.74 Å². The molecule has 2 aromatic heterocycles. The summed E-state index contributed by atoms with van der Waals surface area (Å²) in [7, 11) is 5.51. The maximum Gasteiger partial charge on any atom is 0.337 e. The molecule has 172 valence electrons. The second kappa shape index (κ2) is 10.1. The SMILES string of the molecule is COC(=O)c1ccc(-c2ccc(C3C(c4ccccn4)NC(=S)N3CCCN(C)C)o2)cc1. The van der Waals surface area contributed by atoms with Gasteiger partial charge in [-0.3, -0.25) is 4.98 Å². The summed E-state index contributed by atoms with van der Waals surface area (Å²) in [5, 5.41) is 4.16. The summed E-state index contributed by atoms with van der Waals surface area (Å²) in [5.41, 5.74) is 2.30. The van der Waals surface area contributed by atoms with Crippen LogP contribution in [0.25, 0.3) is 11.3 Å². The van der Waals surface area contributed by atoms with E-state index in [0.717, 1.165) is 42.3 Å². The lowest BCUT2D eigenvalue weighted by molar-refractivity contribution is 0.0600. The van der Waals surface area contributed by atoms with Crippen LogP contribution < -0.4 is 5.32 Å². The highest BCUT2D eigenvalue weighted by molar-refractivity contribution is 7.80. The Hall–Kier alpha value is -3.23. The molecular weight excluding hydrogens is 436 g/mol. The molecule has 33 heavy (non-hydrogen) atoms. The minimum atomic E-state index is -0.362. The largest absolute Gasteiger partial charge is 0.465 e. The van der Waals surface area contributed by atoms with E-state index >= 15 is 0 Å². The number of carbonyl (C=O) groups excluding carboxylic acids is 1. The monoisotopic (exact) mass is 464 g/mol. The van der Waals surface area contributed by atoms with Crippen LogP contribution in [0.5, 0.6) is 0 Å². The molecule has 0 saturated carbocycles. The molecule has 8 heteroatoms. The zero-order valence-corrected chi connectivity index (χ0v) is 19.8. The van der Waals surface area contributed by atoms with E-state index in [-0.39, 0.29) is 18.1 Å². The number of aromatic nitrogens is 1. The quantitative estimate of drug-likeness (QED) is 0.396. The van der Waals surface area contributed by atoms with Crippen LogP contribution in [0.4, 0.5) is 0 Å². The number of rotatable bonds is 8. The van der Waals surface area contributed by atoms with Crippen molar-refractivity contribution < 1.29 is 13.9 Å². The summed E-state index contributed by atoms with van der Waals surface area (Å²) < 4.78 is 11.1. The van der Waals surface area contributed by atoms with Gasteiger partial charge < -0.3 is 24.3 Å². The van der Waals surface area contributed by atoms with Gasteiger partial charge in [0.15, 0.2) is 5.11 Å². The second-order valence-electron chi connectivity index (χ2n) is 8.25. The third kappa shape index (κ3) is 5.07. The van der Waals surface area contributed by atoms with Crippen LogP contribution in [0, 0.1) is 0 Å². The number of nitrogens with zero attached hydrogens (tertiary/aromatic N) is 3. The number of carbonyl (C=O) groups is 1. The molecule has 0 spiro atoms. The van der Waals surface area contributed by atoms with Crippen molar-refractivity contribution in [3.63, 3.8) is 0 Å². The van der Waals surface area contributed by atoms with E-state index in [1.54, 1.807) is 18.3 Å². The summed E-state index contributed by atoms with van der Waals surface area (Å²) in [6.07, 6.45) is 2.77. The molecule has 7 nitrogen and oxygen atoms in total. The highest BCUT2D eigenvalue weighted by atomic mass is 32.1. The van der Waals surface area contributed by atoms with Crippen LogP contribution in [0.15, 0.2) is 65.2 Å². The number of methoxy groups -OCH3 is 1. The number of furan rings is 1. The van der Waals surface area contributed by atoms with Gasteiger partial charge in [-0.1, -0.05) is 18.2 Å². The first kappa shape index (κ1) is 22.9. The summed E-state index contributed by atoms with van der Waals surface area (Å²) in [6.45, 7) is 1.78. The summed E-state index contributed by atoms with van der Waals surface area (Å²) in [5.74, 6) is 1.18. The molecule has 0 aliphatic carbocycles. The van der Waals surface area contributed by atoms with Crippen LogP contribution in [0.3, 0.4) is 0 Å². The number of nitrogens with one attached hydrogen (secondary N) is 1. The first-order valence-corrected chi connectivity index (χ1v) is 11.3. The van der Waals surface area contributed by atoms with Crippen molar-refractivity contribution in [1.82, 2.24) is 20.1 Å². The molecule has 2 atom stereocenters. The van der Waals surface area contributed by atoms with Gasteiger partial charge in [0.05, 0.1) is 24.4 Å². The molecule has 4 rings (SSSR count). The topological polar surface area (TPSA) is 70.8 Å². The minimum Gasteiger partial charge on any atom is -0.465 e. The molecule has 1 fully saturated rings. The van der Waals surface area contributed by atoms with Crippen molar-refractivity contribution in [2.45, 2.75) is 18.5 Å². The van der Waals surface area contributed by atoms with Crippen molar-refractivity contribution in [2.24, 2.45) is 0 Å². The molecule has 0 radical (unpaired) electrons. The van der Waals surface area contributed by atoms with Crippen molar-refractivity contribution in [3.8, 4) is 11.3 Å². The van der Waals surface area contributed by atoms with Gasteiger partial charge in [-0.2, -0.15) is 0 Å². The average molecular weight is 465 g/mol. The lowest BCUT2D eigenvalue weighted by Crippen LogP contribution is -2.32. The summed E-state index contributed by atoms with van der Waals surface area (Å²) in [4.78, 5) is 20.7. The first-order chi connectivity index (χ1) is 16.0. The lowest BCUT2D eigenvalue weighted by atomic mass is 10.0. The lowest BCUT2D eigenvalue weighted by Gasteiger charge is -2.26. The molecule has 1 saturated heterocycles. The van der Waals surface area contributed by atoms with E-state index in [4.69, 9.17) is 21.4 Å². The molecule has 2 unspecified atom stereocenters. The van der Waals surface area contributed by atoms with Gasteiger partial charge in [-0.25, -0.2) is 4.79 Å². The number of hydrogen-bond acceptors (Lipinski definition) is 6. The minimum absolute atomic E-state index is 0.112. The van der Waals surface area contributed by atoms with E-state index < -0.39 is 0 Å². The number of ether oxygens (including phenoxy) is 1. The third-order valence-corrected chi connectivity index (χ3v) is 6.06. The number of thiocarbonyl (C=S) groups is 1. The van der Waals surface area contributed by atoms with Crippen molar-refractivity contribution >= 4 is 23.3 Å². The Bertz CT molecular complexity index is 1100. The number of pyridine rings is 1. The number of benzene rings is 1. The van der Waals surface area contributed by atoms with E-state index in [9.17, 15) is 4.79 Å². The Morgan fingerprint density at radius 1 is 1.18 bits per heavy atom. The fraction of sp³-hybridized carbons (Fsp3) is 0.320. The Morgan fingerprint density at radius 3 is 2.64 bits per heavy atom. The normalized spacial score (nSPS) is 17.9. The maximum absolute atomic E-state index is 11.7. The highest BCUT2D eigenvalue weighted by Crippen LogP contribution is 2.40. The van der Waals surface area contributed by atoms with E-state index in [2.05, 4.69) is 34.2 Å². The van der Waals surface area contributed by atoms with Crippen molar-refractivity contribution in [1.29, 1.82) is 0 Å². The van der Waals surface area contributed by atoms with Gasteiger partial charge in [-0.15, -0.1) is 0 Å². The molecular formula is C25H28N4O3S. The average Bonchev–Trinajstić information content (AvgIpc) is 3.44. The van der Waals surface area contributed by atoms with Gasteiger partial charge in [0.25, 0.3) is 0 Å². The van der Waals surface area contributed by atoms with Crippen LogP contribution in [-0.4, -0.2) is 60.2 Å². The Balaban J connectivity index is 1.63.